The van der Waals surface area contributed by atoms with Crippen LogP contribution in [0, 0.1) is 0 Å². The number of hydrogen-bond acceptors (Lipinski definition) is 4. The highest BCUT2D eigenvalue weighted by Crippen LogP contribution is 2.29. The molecule has 0 heterocycles. The molecule has 1 atom stereocenters. The van der Waals surface area contributed by atoms with Gasteiger partial charge in [-0.05, 0) is 86.5 Å². The molecule has 0 saturated heterocycles. The second-order valence-corrected chi connectivity index (χ2v) is 15.2. The Morgan fingerprint density at radius 2 is 1.43 bits per heavy atom. The first-order valence-electron chi connectivity index (χ1n) is 14.3. The largest absolute Gasteiger partial charge is 0.350 e. The van der Waals surface area contributed by atoms with Crippen LogP contribution in [-0.4, -0.2) is 43.3 Å². The predicted molar refractivity (Wildman–Crippen MR) is 186 cm³/mol. The van der Waals surface area contributed by atoms with Gasteiger partial charge in [-0.1, -0.05) is 88.9 Å². The summed E-state index contributed by atoms with van der Waals surface area (Å²) in [6, 6.07) is 25.0. The van der Waals surface area contributed by atoms with Crippen molar-refractivity contribution in [2.45, 2.75) is 50.2 Å². The summed E-state index contributed by atoms with van der Waals surface area (Å²) in [6.07, 6.45) is 0.164. The smallest absolute Gasteiger partial charge is 0.264 e. The Balaban J connectivity index is 1.83. The summed E-state index contributed by atoms with van der Waals surface area (Å²) in [4.78, 5) is 29.8. The van der Waals surface area contributed by atoms with Gasteiger partial charge in [0.05, 0.1) is 20.6 Å². The zero-order valence-corrected chi connectivity index (χ0v) is 29.2. The number of halogens is 4. The molecule has 1 N–H and O–H groups in total. The van der Waals surface area contributed by atoms with Crippen LogP contribution in [0.2, 0.25) is 20.1 Å². The van der Waals surface area contributed by atoms with Crippen LogP contribution in [0.4, 0.5) is 5.69 Å². The van der Waals surface area contributed by atoms with Crippen molar-refractivity contribution in [1.82, 2.24) is 10.2 Å². The van der Waals surface area contributed by atoms with E-state index in [9.17, 15) is 18.0 Å². The molecule has 0 aromatic heterocycles. The first kappa shape index (κ1) is 35.6. The van der Waals surface area contributed by atoms with Gasteiger partial charge in [0, 0.05) is 28.5 Å². The molecule has 1 unspecified atom stereocenters. The first-order chi connectivity index (χ1) is 21.6. The summed E-state index contributed by atoms with van der Waals surface area (Å²) >= 11 is 24.8. The molecule has 2 amide bonds. The number of hydrogen-bond donors (Lipinski definition) is 1. The lowest BCUT2D eigenvalue weighted by molar-refractivity contribution is -0.140. The number of nitrogens with one attached hydrogen (secondary N) is 1. The van der Waals surface area contributed by atoms with E-state index in [0.717, 1.165) is 9.87 Å². The number of benzene rings is 4. The molecule has 0 fully saturated rings. The summed E-state index contributed by atoms with van der Waals surface area (Å²) in [5, 5.41) is 4.23. The third-order valence-electron chi connectivity index (χ3n) is 6.88. The van der Waals surface area contributed by atoms with Crippen molar-refractivity contribution in [2.75, 3.05) is 10.8 Å². The topological polar surface area (TPSA) is 86.8 Å². The number of nitrogens with zero attached hydrogens (tertiary/aromatic N) is 2. The molecule has 0 radical (unpaired) electrons. The fraction of sp³-hybridized carbons (Fsp3) is 0.235. The van der Waals surface area contributed by atoms with Crippen molar-refractivity contribution in [2.24, 2.45) is 0 Å². The molecule has 7 nitrogen and oxygen atoms in total. The molecule has 0 bridgehead atoms. The van der Waals surface area contributed by atoms with Gasteiger partial charge in [-0.15, -0.1) is 0 Å². The second-order valence-electron chi connectivity index (χ2n) is 11.7. The van der Waals surface area contributed by atoms with E-state index in [0.29, 0.717) is 15.6 Å². The molecular formula is C34H33Cl4N3O4S. The number of carbonyl (C=O) groups excluding carboxylic acids is 2. The molecule has 4 aromatic carbocycles. The van der Waals surface area contributed by atoms with E-state index < -0.39 is 40.0 Å². The van der Waals surface area contributed by atoms with E-state index >= 15 is 0 Å². The minimum Gasteiger partial charge on any atom is -0.350 e. The van der Waals surface area contributed by atoms with Gasteiger partial charge >= 0.3 is 0 Å². The number of amides is 2. The molecule has 0 aliphatic carbocycles. The normalized spacial score (nSPS) is 12.3. The Morgan fingerprint density at radius 3 is 2.04 bits per heavy atom. The quantitative estimate of drug-likeness (QED) is 0.170. The predicted octanol–water partition coefficient (Wildman–Crippen LogP) is 8.05. The summed E-state index contributed by atoms with van der Waals surface area (Å²) in [5.74, 6) is -1.03. The SMILES string of the molecule is CC(C)(C)NC(=O)C(Cc1ccccc1)N(Cc1ccc(Cl)c(Cl)c1)C(=O)CN(c1cccc(Cl)c1)S(=O)(=O)c1ccc(Cl)cc1. The summed E-state index contributed by atoms with van der Waals surface area (Å²) in [5.41, 5.74) is 0.960. The van der Waals surface area contributed by atoms with E-state index in [2.05, 4.69) is 5.32 Å². The van der Waals surface area contributed by atoms with Gasteiger partial charge in [0.25, 0.3) is 10.0 Å². The Morgan fingerprint density at radius 1 is 0.761 bits per heavy atom. The minimum absolute atomic E-state index is 0.0604. The maximum absolute atomic E-state index is 14.5. The van der Waals surface area contributed by atoms with Crippen LogP contribution in [0.1, 0.15) is 31.9 Å². The van der Waals surface area contributed by atoms with E-state index in [4.69, 9.17) is 46.4 Å². The van der Waals surface area contributed by atoms with Gasteiger partial charge < -0.3 is 10.2 Å². The first-order valence-corrected chi connectivity index (χ1v) is 17.2. The zero-order valence-electron chi connectivity index (χ0n) is 25.4. The summed E-state index contributed by atoms with van der Waals surface area (Å²) in [7, 11) is -4.31. The van der Waals surface area contributed by atoms with E-state index in [1.807, 2.05) is 51.1 Å². The van der Waals surface area contributed by atoms with Crippen molar-refractivity contribution in [3.63, 3.8) is 0 Å². The van der Waals surface area contributed by atoms with Gasteiger partial charge in [-0.2, -0.15) is 0 Å². The molecule has 0 aliphatic heterocycles. The van der Waals surface area contributed by atoms with Crippen LogP contribution in [0.25, 0.3) is 0 Å². The minimum atomic E-state index is -4.31. The van der Waals surface area contributed by atoms with Crippen LogP contribution < -0.4 is 9.62 Å². The van der Waals surface area contributed by atoms with Gasteiger partial charge in [-0.25, -0.2) is 8.42 Å². The lowest BCUT2D eigenvalue weighted by Gasteiger charge is -2.35. The highest BCUT2D eigenvalue weighted by molar-refractivity contribution is 7.92. The number of carbonyl (C=O) groups is 2. The molecule has 0 aliphatic rings. The fourth-order valence-electron chi connectivity index (χ4n) is 4.74. The average Bonchev–Trinajstić information content (AvgIpc) is 2.99. The van der Waals surface area contributed by atoms with Crippen LogP contribution in [-0.2, 0) is 32.6 Å². The van der Waals surface area contributed by atoms with Crippen molar-refractivity contribution in [1.29, 1.82) is 0 Å². The Kier molecular flexibility index (Phi) is 11.7. The third-order valence-corrected chi connectivity index (χ3v) is 9.90. The van der Waals surface area contributed by atoms with Crippen LogP contribution >= 0.6 is 46.4 Å². The van der Waals surface area contributed by atoms with Crippen molar-refractivity contribution in [3.05, 3.63) is 128 Å². The van der Waals surface area contributed by atoms with Gasteiger partial charge in [0.2, 0.25) is 11.8 Å². The molecule has 4 aromatic rings. The van der Waals surface area contributed by atoms with Crippen LogP contribution in [0.5, 0.6) is 0 Å². The van der Waals surface area contributed by atoms with E-state index in [1.165, 1.54) is 35.2 Å². The van der Waals surface area contributed by atoms with Gasteiger partial charge in [-0.3, -0.25) is 13.9 Å². The standard InChI is InChI=1S/C34H33Cl4N3O4S/c1-34(2,3)39-33(43)31(19-23-8-5-4-6-9-23)40(21-24-12-17-29(37)30(38)18-24)32(42)22-41(27-11-7-10-26(36)20-27)46(44,45)28-15-13-25(35)14-16-28/h4-18,20,31H,19,21-22H2,1-3H3,(H,39,43). The number of rotatable bonds is 11. The van der Waals surface area contributed by atoms with Crippen LogP contribution in [0.15, 0.2) is 102 Å². The highest BCUT2D eigenvalue weighted by Gasteiger charge is 2.35. The maximum atomic E-state index is 14.5. The molecule has 4 rings (SSSR count). The summed E-state index contributed by atoms with van der Waals surface area (Å²) in [6.45, 7) is 4.83. The molecule has 0 spiro atoms. The number of sulfonamides is 1. The van der Waals surface area contributed by atoms with Crippen molar-refractivity contribution in [3.8, 4) is 0 Å². The summed E-state index contributed by atoms with van der Waals surface area (Å²) < 4.78 is 29.2. The van der Waals surface area contributed by atoms with Crippen LogP contribution in [0.3, 0.4) is 0 Å². The fourth-order valence-corrected chi connectivity index (χ4v) is 6.77. The Bertz CT molecular complexity index is 1800. The van der Waals surface area contributed by atoms with E-state index in [-0.39, 0.29) is 33.6 Å². The van der Waals surface area contributed by atoms with Crippen molar-refractivity contribution < 1.29 is 18.0 Å². The van der Waals surface area contributed by atoms with E-state index in [1.54, 1.807) is 36.4 Å². The Hall–Kier alpha value is -3.27. The average molecular weight is 722 g/mol. The number of anilines is 1. The molecular weight excluding hydrogens is 688 g/mol. The Labute approximate surface area is 290 Å². The lowest BCUT2D eigenvalue weighted by Crippen LogP contribution is -2.56. The molecule has 0 saturated carbocycles. The highest BCUT2D eigenvalue weighted by atomic mass is 35.5. The second kappa shape index (κ2) is 15.1. The monoisotopic (exact) mass is 719 g/mol. The third kappa shape index (κ3) is 9.39. The van der Waals surface area contributed by atoms with Gasteiger partial charge in [0.15, 0.2) is 0 Å². The van der Waals surface area contributed by atoms with Gasteiger partial charge in [0.1, 0.15) is 12.6 Å². The molecule has 242 valence electrons. The zero-order chi connectivity index (χ0) is 33.6. The maximum Gasteiger partial charge on any atom is 0.264 e. The molecule has 46 heavy (non-hydrogen) atoms. The lowest BCUT2D eigenvalue weighted by atomic mass is 10.0. The molecule has 12 heteroatoms. The van der Waals surface area contributed by atoms with Crippen molar-refractivity contribution >= 4 is 73.9 Å².